The first-order valence-corrected chi connectivity index (χ1v) is 7.44. The van der Waals surface area contributed by atoms with E-state index < -0.39 is 0 Å². The van der Waals surface area contributed by atoms with Gasteiger partial charge in [-0.1, -0.05) is 39.7 Å². The van der Waals surface area contributed by atoms with Crippen molar-refractivity contribution >= 4 is 39.1 Å². The molecular formula is C15H13BrClNO2. The van der Waals surface area contributed by atoms with Gasteiger partial charge in [-0.15, -0.1) is 0 Å². The van der Waals surface area contributed by atoms with Gasteiger partial charge in [-0.3, -0.25) is 4.79 Å². The highest BCUT2D eigenvalue weighted by Crippen LogP contribution is 2.27. The summed E-state index contributed by atoms with van der Waals surface area (Å²) >= 11 is 9.31. The molecule has 0 bridgehead atoms. The van der Waals surface area contributed by atoms with Crippen LogP contribution in [0.1, 0.15) is 15.9 Å². The summed E-state index contributed by atoms with van der Waals surface area (Å²) in [5, 5.41) is 4.08. The summed E-state index contributed by atoms with van der Waals surface area (Å²) in [6.45, 7) is 0. The van der Waals surface area contributed by atoms with E-state index in [9.17, 15) is 4.79 Å². The van der Waals surface area contributed by atoms with Gasteiger partial charge >= 0.3 is 0 Å². The SMILES string of the molecule is COc1cc(NC(=O)c2ccc(CBr)cc2)ccc1Cl. The Morgan fingerprint density at radius 3 is 2.55 bits per heavy atom. The monoisotopic (exact) mass is 353 g/mol. The Morgan fingerprint density at radius 2 is 1.95 bits per heavy atom. The van der Waals surface area contributed by atoms with E-state index in [0.29, 0.717) is 22.0 Å². The molecule has 0 radical (unpaired) electrons. The van der Waals surface area contributed by atoms with Crippen LogP contribution in [0, 0.1) is 0 Å². The first-order chi connectivity index (χ1) is 9.63. The minimum absolute atomic E-state index is 0.171. The molecule has 2 rings (SSSR count). The third-order valence-corrected chi connectivity index (χ3v) is 3.74. The second kappa shape index (κ2) is 6.77. The molecule has 2 aromatic rings. The number of alkyl halides is 1. The molecule has 0 aliphatic carbocycles. The van der Waals surface area contributed by atoms with Crippen molar-refractivity contribution in [3.05, 3.63) is 58.6 Å². The van der Waals surface area contributed by atoms with Crippen molar-refractivity contribution in [3.63, 3.8) is 0 Å². The number of ether oxygens (including phenoxy) is 1. The van der Waals surface area contributed by atoms with E-state index in [0.717, 1.165) is 10.9 Å². The number of rotatable bonds is 4. The van der Waals surface area contributed by atoms with Crippen LogP contribution in [0.5, 0.6) is 5.75 Å². The fraction of sp³-hybridized carbons (Fsp3) is 0.133. The van der Waals surface area contributed by atoms with Crippen LogP contribution < -0.4 is 10.1 Å². The molecule has 20 heavy (non-hydrogen) atoms. The van der Waals surface area contributed by atoms with Crippen molar-refractivity contribution in [2.75, 3.05) is 12.4 Å². The predicted molar refractivity (Wildman–Crippen MR) is 85.0 cm³/mol. The zero-order valence-corrected chi connectivity index (χ0v) is 13.2. The van der Waals surface area contributed by atoms with Gasteiger partial charge in [-0.2, -0.15) is 0 Å². The van der Waals surface area contributed by atoms with Gasteiger partial charge in [0.2, 0.25) is 0 Å². The molecule has 0 spiro atoms. The van der Waals surface area contributed by atoms with Gasteiger partial charge in [0.15, 0.2) is 0 Å². The summed E-state index contributed by atoms with van der Waals surface area (Å²) < 4.78 is 5.11. The maximum atomic E-state index is 12.1. The van der Waals surface area contributed by atoms with Crippen molar-refractivity contribution in [3.8, 4) is 5.75 Å². The maximum Gasteiger partial charge on any atom is 0.255 e. The lowest BCUT2D eigenvalue weighted by Gasteiger charge is -2.08. The summed E-state index contributed by atoms with van der Waals surface area (Å²) in [4.78, 5) is 12.1. The molecular weight excluding hydrogens is 342 g/mol. The zero-order valence-electron chi connectivity index (χ0n) is 10.8. The van der Waals surface area contributed by atoms with E-state index in [2.05, 4.69) is 21.2 Å². The quantitative estimate of drug-likeness (QED) is 0.821. The van der Waals surface area contributed by atoms with Crippen molar-refractivity contribution in [1.82, 2.24) is 0 Å². The summed E-state index contributed by atoms with van der Waals surface area (Å²) in [5.41, 5.74) is 2.36. The van der Waals surface area contributed by atoms with Crippen LogP contribution in [0.4, 0.5) is 5.69 Å². The Kier molecular flexibility index (Phi) is 5.04. The lowest BCUT2D eigenvalue weighted by molar-refractivity contribution is 0.102. The van der Waals surface area contributed by atoms with Gasteiger partial charge in [0, 0.05) is 22.6 Å². The number of anilines is 1. The van der Waals surface area contributed by atoms with E-state index >= 15 is 0 Å². The van der Waals surface area contributed by atoms with Gasteiger partial charge in [0.05, 0.1) is 12.1 Å². The van der Waals surface area contributed by atoms with Crippen LogP contribution in [0.2, 0.25) is 5.02 Å². The number of benzene rings is 2. The lowest BCUT2D eigenvalue weighted by Crippen LogP contribution is -2.11. The Bertz CT molecular complexity index is 614. The Hall–Kier alpha value is -1.52. The molecule has 5 heteroatoms. The highest BCUT2D eigenvalue weighted by molar-refractivity contribution is 9.08. The van der Waals surface area contributed by atoms with Crippen LogP contribution >= 0.6 is 27.5 Å². The largest absolute Gasteiger partial charge is 0.495 e. The molecule has 0 fully saturated rings. The van der Waals surface area contributed by atoms with Crippen LogP contribution in [0.25, 0.3) is 0 Å². The van der Waals surface area contributed by atoms with Crippen LogP contribution in [0.3, 0.4) is 0 Å². The summed E-state index contributed by atoms with van der Waals surface area (Å²) in [6.07, 6.45) is 0. The molecule has 0 atom stereocenters. The normalized spacial score (nSPS) is 10.2. The minimum atomic E-state index is -0.171. The Balaban J connectivity index is 2.14. The highest BCUT2D eigenvalue weighted by Gasteiger charge is 2.08. The number of halogens is 2. The third-order valence-electron chi connectivity index (χ3n) is 2.78. The summed E-state index contributed by atoms with van der Waals surface area (Å²) in [7, 11) is 1.53. The molecule has 0 aromatic heterocycles. The van der Waals surface area contributed by atoms with E-state index in [-0.39, 0.29) is 5.91 Å². The third kappa shape index (κ3) is 3.52. The second-order valence-corrected chi connectivity index (χ2v) is 5.10. The molecule has 0 aliphatic rings. The van der Waals surface area contributed by atoms with E-state index in [1.54, 1.807) is 30.3 Å². The molecule has 2 aromatic carbocycles. The van der Waals surface area contributed by atoms with Crippen LogP contribution in [-0.2, 0) is 5.33 Å². The number of carbonyl (C=O) groups excluding carboxylic acids is 1. The van der Waals surface area contributed by atoms with Gasteiger partial charge in [0.25, 0.3) is 5.91 Å². The standard InChI is InChI=1S/C15H13BrClNO2/c1-20-14-8-12(6-7-13(14)17)18-15(19)11-4-2-10(9-16)3-5-11/h2-8H,9H2,1H3,(H,18,19). The van der Waals surface area contributed by atoms with E-state index in [1.165, 1.54) is 7.11 Å². The van der Waals surface area contributed by atoms with Crippen LogP contribution in [-0.4, -0.2) is 13.0 Å². The zero-order chi connectivity index (χ0) is 14.5. The number of nitrogens with one attached hydrogen (secondary N) is 1. The molecule has 0 saturated heterocycles. The molecule has 0 unspecified atom stereocenters. The number of methoxy groups -OCH3 is 1. The molecule has 1 amide bonds. The van der Waals surface area contributed by atoms with Gasteiger partial charge in [-0.05, 0) is 29.8 Å². The van der Waals surface area contributed by atoms with E-state index in [4.69, 9.17) is 16.3 Å². The molecule has 104 valence electrons. The lowest BCUT2D eigenvalue weighted by atomic mass is 10.1. The molecule has 0 aliphatic heterocycles. The first-order valence-electron chi connectivity index (χ1n) is 5.94. The van der Waals surface area contributed by atoms with Gasteiger partial charge in [0.1, 0.15) is 5.75 Å². The minimum Gasteiger partial charge on any atom is -0.495 e. The number of carbonyl (C=O) groups is 1. The molecule has 3 nitrogen and oxygen atoms in total. The van der Waals surface area contributed by atoms with Crippen molar-refractivity contribution in [1.29, 1.82) is 0 Å². The van der Waals surface area contributed by atoms with E-state index in [1.807, 2.05) is 12.1 Å². The first kappa shape index (κ1) is 14.9. The van der Waals surface area contributed by atoms with Crippen molar-refractivity contribution in [2.24, 2.45) is 0 Å². The number of hydrogen-bond acceptors (Lipinski definition) is 2. The fourth-order valence-electron chi connectivity index (χ4n) is 1.69. The highest BCUT2D eigenvalue weighted by atomic mass is 79.9. The Morgan fingerprint density at radius 1 is 1.25 bits per heavy atom. The van der Waals surface area contributed by atoms with Crippen molar-refractivity contribution < 1.29 is 9.53 Å². The Labute approximate surface area is 131 Å². The molecule has 0 heterocycles. The topological polar surface area (TPSA) is 38.3 Å². The molecule has 0 saturated carbocycles. The second-order valence-electron chi connectivity index (χ2n) is 4.13. The fourth-order valence-corrected chi connectivity index (χ4v) is 2.25. The number of amides is 1. The van der Waals surface area contributed by atoms with Gasteiger partial charge < -0.3 is 10.1 Å². The average Bonchev–Trinajstić information content (AvgIpc) is 2.49. The van der Waals surface area contributed by atoms with Crippen LogP contribution in [0.15, 0.2) is 42.5 Å². The number of hydrogen-bond donors (Lipinski definition) is 1. The maximum absolute atomic E-state index is 12.1. The predicted octanol–water partition coefficient (Wildman–Crippen LogP) is 4.50. The summed E-state index contributed by atoms with van der Waals surface area (Å²) in [5.74, 6) is 0.356. The van der Waals surface area contributed by atoms with Gasteiger partial charge in [-0.25, -0.2) is 0 Å². The smallest absolute Gasteiger partial charge is 0.255 e. The molecule has 1 N–H and O–H groups in total. The van der Waals surface area contributed by atoms with Crippen molar-refractivity contribution in [2.45, 2.75) is 5.33 Å². The summed E-state index contributed by atoms with van der Waals surface area (Å²) in [6, 6.07) is 12.5. The average molecular weight is 355 g/mol.